The number of halogens is 3. The van der Waals surface area contributed by atoms with Gasteiger partial charge in [-0.3, -0.25) is 4.98 Å². The summed E-state index contributed by atoms with van der Waals surface area (Å²) in [6.45, 7) is -0.428. The molecule has 88 valence electrons. The molecule has 5 heteroatoms. The number of aromatic nitrogens is 1. The molecule has 0 spiro atoms. The first-order valence-electron chi connectivity index (χ1n) is 4.82. The van der Waals surface area contributed by atoms with Crippen molar-refractivity contribution in [3.8, 4) is 11.1 Å². The Hall–Kier alpha value is -1.16. The molecule has 0 saturated carbocycles. The highest BCUT2D eigenvalue weighted by Gasteiger charge is 2.07. The van der Waals surface area contributed by atoms with Crippen LogP contribution in [0.2, 0.25) is 10.0 Å². The summed E-state index contributed by atoms with van der Waals surface area (Å²) in [5, 5.41) is 9.77. The van der Waals surface area contributed by atoms with Gasteiger partial charge in [0.15, 0.2) is 0 Å². The summed E-state index contributed by atoms with van der Waals surface area (Å²) in [6.07, 6.45) is 1.47. The molecule has 0 fully saturated rings. The fraction of sp³-hybridized carbons (Fsp3) is 0.0833. The highest BCUT2D eigenvalue weighted by Crippen LogP contribution is 2.27. The largest absolute Gasteiger partial charge is 0.390 e. The molecule has 0 saturated heterocycles. The molecular weight excluding hydrogens is 264 g/mol. The first-order valence-corrected chi connectivity index (χ1v) is 5.57. The summed E-state index contributed by atoms with van der Waals surface area (Å²) in [7, 11) is 0. The second-order valence-electron chi connectivity index (χ2n) is 3.47. The fourth-order valence-corrected chi connectivity index (χ4v) is 1.99. The van der Waals surface area contributed by atoms with Crippen LogP contribution in [-0.4, -0.2) is 10.1 Å². The van der Waals surface area contributed by atoms with Gasteiger partial charge in [-0.15, -0.1) is 0 Å². The van der Waals surface area contributed by atoms with Crippen molar-refractivity contribution in [3.63, 3.8) is 0 Å². The molecule has 0 amide bonds. The Labute approximate surface area is 108 Å². The molecule has 0 atom stereocenters. The van der Waals surface area contributed by atoms with Gasteiger partial charge in [0.1, 0.15) is 11.5 Å². The zero-order chi connectivity index (χ0) is 12.4. The summed E-state index contributed by atoms with van der Waals surface area (Å²) >= 11 is 11.7. The third-order valence-corrected chi connectivity index (χ3v) is 2.70. The number of aliphatic hydroxyl groups is 1. The molecular formula is C12H8Cl2FNO. The maximum Gasteiger partial charge on any atom is 0.147 e. The lowest BCUT2D eigenvalue weighted by molar-refractivity contribution is 0.270. The van der Waals surface area contributed by atoms with Gasteiger partial charge in [0.05, 0.1) is 6.61 Å². The Kier molecular flexibility index (Phi) is 3.62. The smallest absolute Gasteiger partial charge is 0.147 e. The van der Waals surface area contributed by atoms with Crippen LogP contribution in [0.25, 0.3) is 11.1 Å². The molecule has 1 heterocycles. The average Bonchev–Trinajstić information content (AvgIpc) is 2.27. The highest BCUT2D eigenvalue weighted by molar-refractivity contribution is 6.35. The lowest BCUT2D eigenvalue weighted by Gasteiger charge is -2.05. The molecule has 2 aromatic rings. The standard InChI is InChI=1S/C12H8Cl2FNO/c13-9-1-7(2-10(14)4-9)8-3-11(15)12(6-17)16-5-8/h1-5,17H,6H2. The molecule has 0 aliphatic carbocycles. The minimum atomic E-state index is -0.555. The molecule has 0 radical (unpaired) electrons. The summed E-state index contributed by atoms with van der Waals surface area (Å²) in [6, 6.07) is 6.23. The number of hydrogen-bond acceptors (Lipinski definition) is 2. The van der Waals surface area contributed by atoms with Crippen LogP contribution in [0.15, 0.2) is 30.5 Å². The van der Waals surface area contributed by atoms with Gasteiger partial charge in [-0.2, -0.15) is 0 Å². The molecule has 1 aromatic heterocycles. The van der Waals surface area contributed by atoms with E-state index < -0.39 is 12.4 Å². The number of rotatable bonds is 2. The van der Waals surface area contributed by atoms with E-state index in [1.165, 1.54) is 12.3 Å². The molecule has 1 aromatic carbocycles. The van der Waals surface area contributed by atoms with Crippen LogP contribution in [0.3, 0.4) is 0 Å². The van der Waals surface area contributed by atoms with Gasteiger partial charge in [-0.1, -0.05) is 23.2 Å². The Morgan fingerprint density at radius 1 is 1.06 bits per heavy atom. The minimum absolute atomic E-state index is 0.0156. The van der Waals surface area contributed by atoms with E-state index in [0.717, 1.165) is 0 Å². The first kappa shape index (κ1) is 12.3. The van der Waals surface area contributed by atoms with Crippen molar-refractivity contribution in [2.45, 2.75) is 6.61 Å². The number of hydrogen-bond donors (Lipinski definition) is 1. The second kappa shape index (κ2) is 5.00. The van der Waals surface area contributed by atoms with Gasteiger partial charge in [0.25, 0.3) is 0 Å². The maximum absolute atomic E-state index is 13.4. The zero-order valence-electron chi connectivity index (χ0n) is 8.62. The van der Waals surface area contributed by atoms with Crippen LogP contribution in [0.5, 0.6) is 0 Å². The van der Waals surface area contributed by atoms with Crippen molar-refractivity contribution in [1.82, 2.24) is 4.98 Å². The molecule has 2 nitrogen and oxygen atoms in total. The van der Waals surface area contributed by atoms with Crippen LogP contribution >= 0.6 is 23.2 Å². The summed E-state index contributed by atoms with van der Waals surface area (Å²) < 4.78 is 13.4. The molecule has 2 rings (SSSR count). The average molecular weight is 272 g/mol. The molecule has 0 bridgehead atoms. The van der Waals surface area contributed by atoms with Crippen molar-refractivity contribution in [2.75, 3.05) is 0 Å². The van der Waals surface area contributed by atoms with Crippen LogP contribution in [0.4, 0.5) is 4.39 Å². The van der Waals surface area contributed by atoms with Crippen LogP contribution < -0.4 is 0 Å². The number of nitrogens with zero attached hydrogens (tertiary/aromatic N) is 1. The van der Waals surface area contributed by atoms with Crippen molar-refractivity contribution in [1.29, 1.82) is 0 Å². The van der Waals surface area contributed by atoms with Gasteiger partial charge >= 0.3 is 0 Å². The maximum atomic E-state index is 13.4. The predicted octanol–water partition coefficient (Wildman–Crippen LogP) is 3.69. The van der Waals surface area contributed by atoms with Gasteiger partial charge < -0.3 is 5.11 Å². The van der Waals surface area contributed by atoms with Crippen LogP contribution in [0.1, 0.15) is 5.69 Å². The van der Waals surface area contributed by atoms with E-state index in [2.05, 4.69) is 4.98 Å². The topological polar surface area (TPSA) is 33.1 Å². The quantitative estimate of drug-likeness (QED) is 0.904. The van der Waals surface area contributed by atoms with Crippen molar-refractivity contribution >= 4 is 23.2 Å². The summed E-state index contributed by atoms with van der Waals surface area (Å²) in [5.74, 6) is -0.555. The Morgan fingerprint density at radius 3 is 2.24 bits per heavy atom. The Balaban J connectivity index is 2.49. The van der Waals surface area contributed by atoms with E-state index in [1.54, 1.807) is 18.2 Å². The number of aliphatic hydroxyl groups excluding tert-OH is 1. The Morgan fingerprint density at radius 2 is 1.71 bits per heavy atom. The lowest BCUT2D eigenvalue weighted by Crippen LogP contribution is -1.95. The number of pyridine rings is 1. The van der Waals surface area contributed by atoms with Crippen molar-refractivity contribution < 1.29 is 9.50 Å². The van der Waals surface area contributed by atoms with Crippen molar-refractivity contribution in [3.05, 3.63) is 52.0 Å². The van der Waals surface area contributed by atoms with Gasteiger partial charge in [0.2, 0.25) is 0 Å². The van der Waals surface area contributed by atoms with Gasteiger partial charge in [-0.05, 0) is 29.8 Å². The van der Waals surface area contributed by atoms with E-state index in [0.29, 0.717) is 21.2 Å². The SMILES string of the molecule is OCc1ncc(-c2cc(Cl)cc(Cl)c2)cc1F. The van der Waals surface area contributed by atoms with E-state index in [1.807, 2.05) is 0 Å². The minimum Gasteiger partial charge on any atom is -0.390 e. The number of benzene rings is 1. The molecule has 1 N–H and O–H groups in total. The molecule has 0 aliphatic rings. The highest BCUT2D eigenvalue weighted by atomic mass is 35.5. The fourth-order valence-electron chi connectivity index (χ4n) is 1.46. The normalized spacial score (nSPS) is 10.6. The van der Waals surface area contributed by atoms with E-state index in [4.69, 9.17) is 28.3 Å². The Bertz CT molecular complexity index is 540. The molecule has 17 heavy (non-hydrogen) atoms. The summed E-state index contributed by atoms with van der Waals surface area (Å²) in [4.78, 5) is 3.82. The lowest BCUT2D eigenvalue weighted by atomic mass is 10.1. The zero-order valence-corrected chi connectivity index (χ0v) is 10.1. The van der Waals surface area contributed by atoms with Crippen LogP contribution in [-0.2, 0) is 6.61 Å². The van der Waals surface area contributed by atoms with Crippen molar-refractivity contribution in [2.24, 2.45) is 0 Å². The molecule has 0 unspecified atom stereocenters. The van der Waals surface area contributed by atoms with E-state index in [9.17, 15) is 4.39 Å². The second-order valence-corrected chi connectivity index (χ2v) is 4.34. The first-order chi connectivity index (χ1) is 8.10. The van der Waals surface area contributed by atoms with Crippen LogP contribution in [0, 0.1) is 5.82 Å². The third-order valence-electron chi connectivity index (χ3n) is 2.26. The van der Waals surface area contributed by atoms with E-state index >= 15 is 0 Å². The molecule has 0 aliphatic heterocycles. The van der Waals surface area contributed by atoms with Gasteiger partial charge in [0, 0.05) is 21.8 Å². The van der Waals surface area contributed by atoms with Gasteiger partial charge in [-0.25, -0.2) is 4.39 Å². The van der Waals surface area contributed by atoms with E-state index in [-0.39, 0.29) is 5.69 Å². The predicted molar refractivity (Wildman–Crippen MR) is 65.6 cm³/mol. The third kappa shape index (κ3) is 2.75. The summed E-state index contributed by atoms with van der Waals surface area (Å²) in [5.41, 5.74) is 1.25. The monoisotopic (exact) mass is 271 g/mol.